The van der Waals surface area contributed by atoms with Gasteiger partial charge in [0.1, 0.15) is 0 Å². The van der Waals surface area contributed by atoms with Crippen LogP contribution in [0.1, 0.15) is 5.56 Å². The van der Waals surface area contributed by atoms with Crippen molar-refractivity contribution < 1.29 is 18.4 Å². The van der Waals surface area contributed by atoms with Crippen molar-refractivity contribution in [2.75, 3.05) is 0 Å². The Hall–Kier alpha value is -2.02. The third-order valence-corrected chi connectivity index (χ3v) is 3.14. The fraction of sp³-hybridized carbons (Fsp3) is 0.0769. The van der Waals surface area contributed by atoms with E-state index < -0.39 is 22.2 Å². The average Bonchev–Trinajstić information content (AvgIpc) is 2.42. The number of benzene rings is 2. The maximum Gasteiger partial charge on any atom is 0.272 e. The Morgan fingerprint density at radius 3 is 2.20 bits per heavy atom. The van der Waals surface area contributed by atoms with Crippen LogP contribution in [0.3, 0.4) is 0 Å². The number of hydrogen-bond donors (Lipinski definition) is 0. The first-order valence-corrected chi connectivity index (χ1v) is 6.59. The summed E-state index contributed by atoms with van der Waals surface area (Å²) in [5.74, 6) is -1.99. The minimum absolute atomic E-state index is 0.151. The summed E-state index contributed by atoms with van der Waals surface area (Å²) < 4.78 is 32.4. The summed E-state index contributed by atoms with van der Waals surface area (Å²) in [6, 6.07) is 7.14. The zero-order chi connectivity index (χ0) is 14.7. The van der Waals surface area contributed by atoms with Crippen LogP contribution in [0, 0.1) is 21.7 Å². The first-order valence-electron chi connectivity index (χ1n) is 5.47. The highest BCUT2D eigenvalue weighted by molar-refractivity contribution is 9.08. The normalized spacial score (nSPS) is 10.3. The molecule has 104 valence electrons. The molecule has 0 N–H and O–H groups in total. The van der Waals surface area contributed by atoms with Crippen LogP contribution >= 0.6 is 15.9 Å². The van der Waals surface area contributed by atoms with Gasteiger partial charge in [-0.15, -0.1) is 0 Å². The van der Waals surface area contributed by atoms with Gasteiger partial charge in [-0.3, -0.25) is 10.1 Å². The van der Waals surface area contributed by atoms with Gasteiger partial charge in [0, 0.05) is 11.4 Å². The smallest absolute Gasteiger partial charge is 0.272 e. The number of ether oxygens (including phenoxy) is 1. The summed E-state index contributed by atoms with van der Waals surface area (Å²) in [5.41, 5.74) is 0.309. The van der Waals surface area contributed by atoms with Crippen LogP contribution in [0.5, 0.6) is 11.5 Å². The van der Waals surface area contributed by atoms with E-state index in [2.05, 4.69) is 15.9 Å². The number of rotatable bonds is 4. The molecule has 4 nitrogen and oxygen atoms in total. The minimum atomic E-state index is -0.928. The molecule has 2 aromatic rings. The number of nitrogens with zero attached hydrogens (tertiary/aromatic N) is 1. The zero-order valence-electron chi connectivity index (χ0n) is 9.98. The van der Waals surface area contributed by atoms with Crippen molar-refractivity contribution in [3.05, 3.63) is 63.7 Å². The molecule has 0 spiro atoms. The molecule has 0 fully saturated rings. The molecule has 0 aliphatic heterocycles. The summed E-state index contributed by atoms with van der Waals surface area (Å²) in [4.78, 5) is 9.76. The fourth-order valence-corrected chi connectivity index (χ4v) is 1.86. The second kappa shape index (κ2) is 5.96. The highest BCUT2D eigenvalue weighted by Crippen LogP contribution is 2.29. The second-order valence-corrected chi connectivity index (χ2v) is 4.43. The number of hydrogen-bond acceptors (Lipinski definition) is 3. The van der Waals surface area contributed by atoms with Crippen molar-refractivity contribution in [1.82, 2.24) is 0 Å². The molecule has 20 heavy (non-hydrogen) atoms. The Morgan fingerprint density at radius 1 is 1.10 bits per heavy atom. The van der Waals surface area contributed by atoms with E-state index >= 15 is 0 Å². The van der Waals surface area contributed by atoms with Crippen LogP contribution in [-0.2, 0) is 5.33 Å². The highest BCUT2D eigenvalue weighted by atomic mass is 79.9. The topological polar surface area (TPSA) is 52.4 Å². The van der Waals surface area contributed by atoms with E-state index in [0.29, 0.717) is 10.9 Å². The van der Waals surface area contributed by atoms with Crippen LogP contribution in [0.4, 0.5) is 14.5 Å². The third kappa shape index (κ3) is 3.11. The number of nitro groups is 1. The molecule has 7 heteroatoms. The van der Waals surface area contributed by atoms with Crippen LogP contribution in [-0.4, -0.2) is 4.92 Å². The van der Waals surface area contributed by atoms with E-state index in [1.54, 1.807) is 6.07 Å². The van der Waals surface area contributed by atoms with Gasteiger partial charge in [-0.05, 0) is 23.8 Å². The van der Waals surface area contributed by atoms with Crippen molar-refractivity contribution >= 4 is 21.6 Å². The SMILES string of the molecule is O=[N+]([O-])c1ccc(Oc2ccc(CBr)cc2F)c(F)c1. The van der Waals surface area contributed by atoms with Gasteiger partial charge in [0.15, 0.2) is 23.1 Å². The van der Waals surface area contributed by atoms with Gasteiger partial charge >= 0.3 is 0 Å². The lowest BCUT2D eigenvalue weighted by atomic mass is 10.2. The van der Waals surface area contributed by atoms with E-state index in [1.165, 1.54) is 12.1 Å². The lowest BCUT2D eigenvalue weighted by Crippen LogP contribution is -1.94. The molecular formula is C13H8BrF2NO3. The molecule has 0 bridgehead atoms. The molecule has 0 aliphatic carbocycles. The van der Waals surface area contributed by atoms with E-state index in [4.69, 9.17) is 4.74 Å². The Kier molecular flexibility index (Phi) is 4.29. The summed E-state index contributed by atoms with van der Waals surface area (Å²) in [6.45, 7) is 0. The molecule has 0 atom stereocenters. The van der Waals surface area contributed by atoms with Crippen molar-refractivity contribution in [3.63, 3.8) is 0 Å². The quantitative estimate of drug-likeness (QED) is 0.464. The van der Waals surface area contributed by atoms with Crippen LogP contribution in [0.15, 0.2) is 36.4 Å². The van der Waals surface area contributed by atoms with Gasteiger partial charge < -0.3 is 4.74 Å². The second-order valence-electron chi connectivity index (χ2n) is 3.87. The predicted molar refractivity (Wildman–Crippen MR) is 72.2 cm³/mol. The van der Waals surface area contributed by atoms with Crippen molar-refractivity contribution in [2.45, 2.75) is 5.33 Å². The lowest BCUT2D eigenvalue weighted by Gasteiger charge is -2.08. The Morgan fingerprint density at radius 2 is 1.70 bits per heavy atom. The molecule has 2 aromatic carbocycles. The minimum Gasteiger partial charge on any atom is -0.451 e. The highest BCUT2D eigenvalue weighted by Gasteiger charge is 2.14. The number of alkyl halides is 1. The molecule has 0 unspecified atom stereocenters. The van der Waals surface area contributed by atoms with E-state index in [0.717, 1.165) is 18.2 Å². The number of non-ortho nitro benzene ring substituents is 1. The molecule has 2 rings (SSSR count). The molecule has 0 amide bonds. The molecule has 0 aromatic heterocycles. The van der Waals surface area contributed by atoms with Gasteiger partial charge in [0.2, 0.25) is 0 Å². The molecule has 0 radical (unpaired) electrons. The average molecular weight is 344 g/mol. The Labute approximate surface area is 121 Å². The maximum atomic E-state index is 13.7. The summed E-state index contributed by atoms with van der Waals surface area (Å²) in [7, 11) is 0. The molecular weight excluding hydrogens is 336 g/mol. The molecule has 0 heterocycles. The van der Waals surface area contributed by atoms with Crippen molar-refractivity contribution in [1.29, 1.82) is 0 Å². The molecule has 0 saturated heterocycles. The molecule has 0 aliphatic rings. The van der Waals surface area contributed by atoms with Gasteiger partial charge in [-0.2, -0.15) is 0 Å². The fourth-order valence-electron chi connectivity index (χ4n) is 1.51. The van der Waals surface area contributed by atoms with Crippen molar-refractivity contribution in [2.24, 2.45) is 0 Å². The largest absolute Gasteiger partial charge is 0.451 e. The third-order valence-electron chi connectivity index (χ3n) is 2.50. The van der Waals surface area contributed by atoms with E-state index in [-0.39, 0.29) is 11.5 Å². The lowest BCUT2D eigenvalue weighted by molar-refractivity contribution is -0.385. The zero-order valence-corrected chi connectivity index (χ0v) is 11.6. The summed E-state index contributed by atoms with van der Waals surface area (Å²) in [5, 5.41) is 11.0. The Bertz CT molecular complexity index is 664. The molecule has 0 saturated carbocycles. The van der Waals surface area contributed by atoms with Gasteiger partial charge in [0.25, 0.3) is 5.69 Å². The van der Waals surface area contributed by atoms with E-state index in [9.17, 15) is 18.9 Å². The monoisotopic (exact) mass is 343 g/mol. The first-order chi connectivity index (χ1) is 9.51. The van der Waals surface area contributed by atoms with Crippen LogP contribution < -0.4 is 4.74 Å². The van der Waals surface area contributed by atoms with Gasteiger partial charge in [-0.1, -0.05) is 22.0 Å². The maximum absolute atomic E-state index is 13.7. The first kappa shape index (κ1) is 14.4. The summed E-state index contributed by atoms with van der Waals surface area (Å²) >= 11 is 3.18. The predicted octanol–water partition coefficient (Wildman–Crippen LogP) is 4.56. The summed E-state index contributed by atoms with van der Waals surface area (Å²) in [6.07, 6.45) is 0. The van der Waals surface area contributed by atoms with E-state index in [1.807, 2.05) is 0 Å². The number of nitro benzene ring substituents is 1. The van der Waals surface area contributed by atoms with Gasteiger partial charge in [-0.25, -0.2) is 8.78 Å². The number of halogens is 3. The van der Waals surface area contributed by atoms with Gasteiger partial charge in [0.05, 0.1) is 11.0 Å². The van der Waals surface area contributed by atoms with Crippen molar-refractivity contribution in [3.8, 4) is 11.5 Å². The van der Waals surface area contributed by atoms with Crippen LogP contribution in [0.25, 0.3) is 0 Å². The van der Waals surface area contributed by atoms with Crippen LogP contribution in [0.2, 0.25) is 0 Å². The Balaban J connectivity index is 2.28. The standard InChI is InChI=1S/C13H8BrF2NO3/c14-7-8-1-3-12(10(15)5-8)20-13-4-2-9(17(18)19)6-11(13)16/h1-6H,7H2.